The molecule has 1 aliphatic heterocycles. The second-order valence-corrected chi connectivity index (χ2v) is 10.1. The van der Waals surface area contributed by atoms with Gasteiger partial charge >= 0.3 is 163 Å². The third-order valence-electron chi connectivity index (χ3n) is 5.21. The molecule has 1 radical (unpaired) electrons. The SMILES string of the molecule is Cc1nn(-c2ccccc2)c(C)c1-c1ccc2c(c1)-c1ccccc1[As]2=O. The Morgan fingerprint density at radius 2 is 1.52 bits per heavy atom. The summed E-state index contributed by atoms with van der Waals surface area (Å²) in [5, 5.41) is 4.77. The second kappa shape index (κ2) is 6.14. The Kier molecular flexibility index (Phi) is 3.73. The quantitative estimate of drug-likeness (QED) is 0.414. The molecule has 1 aliphatic rings. The van der Waals surface area contributed by atoms with Crippen LogP contribution in [-0.4, -0.2) is 24.4 Å². The Balaban J connectivity index is 1.69. The fourth-order valence-corrected chi connectivity index (χ4v) is 7.14. The number of hydrogen-bond donors (Lipinski definition) is 0. The van der Waals surface area contributed by atoms with Crippen molar-refractivity contribution in [2.24, 2.45) is 0 Å². The van der Waals surface area contributed by atoms with Crippen LogP contribution in [0.4, 0.5) is 0 Å². The predicted molar refractivity (Wildman–Crippen MR) is 110 cm³/mol. The fraction of sp³-hybridized carbons (Fsp3) is 0.0870. The molecular weight excluding hydrogens is 395 g/mol. The Morgan fingerprint density at radius 1 is 0.815 bits per heavy atom. The van der Waals surface area contributed by atoms with Crippen molar-refractivity contribution in [2.45, 2.75) is 13.8 Å². The van der Waals surface area contributed by atoms with Crippen LogP contribution in [0.2, 0.25) is 0 Å². The summed E-state index contributed by atoms with van der Waals surface area (Å²) in [6.07, 6.45) is 0. The first-order chi connectivity index (χ1) is 13.1. The third kappa shape index (κ3) is 2.46. The molecule has 0 saturated heterocycles. The van der Waals surface area contributed by atoms with Crippen molar-refractivity contribution in [3.63, 3.8) is 0 Å². The van der Waals surface area contributed by atoms with Crippen molar-refractivity contribution >= 4 is 23.3 Å². The average Bonchev–Trinajstić information content (AvgIpc) is 3.16. The third-order valence-corrected chi connectivity index (χ3v) is 8.68. The fourth-order valence-electron chi connectivity index (χ4n) is 3.97. The molecule has 5 rings (SSSR count). The van der Waals surface area contributed by atoms with Crippen molar-refractivity contribution in [2.75, 3.05) is 0 Å². The van der Waals surface area contributed by atoms with Crippen LogP contribution in [0.15, 0.2) is 72.8 Å². The number of aryl methyl sites for hydroxylation is 1. The monoisotopic (exact) mass is 413 g/mol. The molecule has 0 N–H and O–H groups in total. The van der Waals surface area contributed by atoms with Crippen LogP contribution in [0.1, 0.15) is 11.4 Å². The van der Waals surface area contributed by atoms with Crippen LogP contribution < -0.4 is 8.70 Å². The van der Waals surface area contributed by atoms with E-state index in [1.807, 2.05) is 41.1 Å². The summed E-state index contributed by atoms with van der Waals surface area (Å²) in [7, 11) is 0. The van der Waals surface area contributed by atoms with Gasteiger partial charge in [0.25, 0.3) is 0 Å². The van der Waals surface area contributed by atoms with E-state index in [2.05, 4.69) is 50.2 Å². The number of nitrogens with zero attached hydrogens (tertiary/aromatic N) is 2. The number of benzene rings is 3. The summed E-state index contributed by atoms with van der Waals surface area (Å²) in [4.78, 5) is 0. The minimum atomic E-state index is -2.37. The van der Waals surface area contributed by atoms with Crippen LogP contribution in [0.5, 0.6) is 0 Å². The van der Waals surface area contributed by atoms with Gasteiger partial charge in [0.2, 0.25) is 0 Å². The standard InChI is InChI=1S/C23H18AsN2O/c1-15-23(16(2)26(25-15)18-8-4-3-5-9-18)17-12-13-22-20(14-17)19-10-6-7-11-21(19)24(22)27/h3-14H,1-2H3. The van der Waals surface area contributed by atoms with Gasteiger partial charge in [-0.15, -0.1) is 0 Å². The maximum absolute atomic E-state index is 12.9. The van der Waals surface area contributed by atoms with Crippen molar-refractivity contribution in [3.05, 3.63) is 84.2 Å². The van der Waals surface area contributed by atoms with Crippen LogP contribution in [0, 0.1) is 13.8 Å². The summed E-state index contributed by atoms with van der Waals surface area (Å²) >= 11 is -2.37. The van der Waals surface area contributed by atoms with Crippen LogP contribution >= 0.6 is 0 Å². The van der Waals surface area contributed by atoms with Crippen LogP contribution in [0.25, 0.3) is 27.9 Å². The van der Waals surface area contributed by atoms with Gasteiger partial charge in [-0.3, -0.25) is 0 Å². The number of fused-ring (bicyclic) bond motifs is 3. The van der Waals surface area contributed by atoms with Gasteiger partial charge in [0.1, 0.15) is 0 Å². The van der Waals surface area contributed by atoms with Gasteiger partial charge in [-0.25, -0.2) is 0 Å². The zero-order valence-corrected chi connectivity index (χ0v) is 17.1. The van der Waals surface area contributed by atoms with E-state index in [4.69, 9.17) is 5.10 Å². The van der Waals surface area contributed by atoms with E-state index in [1.165, 1.54) is 0 Å². The molecule has 2 heterocycles. The Bertz CT molecular complexity index is 1210. The number of hydrogen-bond acceptors (Lipinski definition) is 2. The second-order valence-electron chi connectivity index (χ2n) is 6.84. The molecule has 27 heavy (non-hydrogen) atoms. The number of aromatic nitrogens is 2. The molecule has 3 nitrogen and oxygen atoms in total. The van der Waals surface area contributed by atoms with Crippen molar-refractivity contribution in [3.8, 4) is 27.9 Å². The predicted octanol–water partition coefficient (Wildman–Crippen LogP) is 3.67. The molecule has 131 valence electrons. The molecule has 3 aromatic carbocycles. The minimum absolute atomic E-state index is 0.999. The zero-order valence-electron chi connectivity index (χ0n) is 15.2. The topological polar surface area (TPSA) is 34.9 Å². The summed E-state index contributed by atoms with van der Waals surface area (Å²) in [5.41, 5.74) is 7.68. The first-order valence-corrected chi connectivity index (χ1v) is 11.6. The van der Waals surface area contributed by atoms with Gasteiger partial charge < -0.3 is 0 Å². The van der Waals surface area contributed by atoms with Gasteiger partial charge in [0.15, 0.2) is 0 Å². The summed E-state index contributed by atoms with van der Waals surface area (Å²) < 4.78 is 16.9. The number of rotatable bonds is 2. The van der Waals surface area contributed by atoms with Gasteiger partial charge in [0, 0.05) is 0 Å². The van der Waals surface area contributed by atoms with E-state index in [0.717, 1.165) is 48.0 Å². The molecule has 4 heteroatoms. The average molecular weight is 413 g/mol. The molecule has 0 aliphatic carbocycles. The van der Waals surface area contributed by atoms with E-state index >= 15 is 0 Å². The van der Waals surface area contributed by atoms with Gasteiger partial charge in [-0.2, -0.15) is 0 Å². The van der Waals surface area contributed by atoms with Crippen LogP contribution in [0.3, 0.4) is 0 Å². The first kappa shape index (κ1) is 16.4. The van der Waals surface area contributed by atoms with Crippen molar-refractivity contribution in [1.82, 2.24) is 9.78 Å². The van der Waals surface area contributed by atoms with Gasteiger partial charge in [-0.05, 0) is 0 Å². The number of para-hydroxylation sites is 1. The summed E-state index contributed by atoms with van der Waals surface area (Å²) in [6, 6.07) is 24.6. The molecule has 1 atom stereocenters. The van der Waals surface area contributed by atoms with E-state index in [0.29, 0.717) is 0 Å². The van der Waals surface area contributed by atoms with E-state index in [9.17, 15) is 3.74 Å². The Hall–Kier alpha value is -2.77. The molecule has 0 bridgehead atoms. The van der Waals surface area contributed by atoms with Crippen LogP contribution in [-0.2, 0) is 3.74 Å². The van der Waals surface area contributed by atoms with E-state index in [1.54, 1.807) is 0 Å². The normalized spacial score (nSPS) is 13.5. The molecule has 4 aromatic rings. The van der Waals surface area contributed by atoms with E-state index in [-0.39, 0.29) is 0 Å². The summed E-state index contributed by atoms with van der Waals surface area (Å²) in [6.45, 7) is 4.16. The van der Waals surface area contributed by atoms with Gasteiger partial charge in [-0.1, -0.05) is 0 Å². The zero-order chi connectivity index (χ0) is 18.5. The maximum atomic E-state index is 12.9. The summed E-state index contributed by atoms with van der Waals surface area (Å²) in [5.74, 6) is 0. The molecule has 0 fully saturated rings. The first-order valence-electron chi connectivity index (χ1n) is 8.98. The molecule has 0 saturated carbocycles. The molecule has 1 aromatic heterocycles. The molecule has 0 amide bonds. The molecule has 0 spiro atoms. The van der Waals surface area contributed by atoms with Crippen molar-refractivity contribution in [1.29, 1.82) is 0 Å². The Morgan fingerprint density at radius 3 is 2.33 bits per heavy atom. The Labute approximate surface area is 162 Å². The van der Waals surface area contributed by atoms with E-state index < -0.39 is 14.6 Å². The van der Waals surface area contributed by atoms with Gasteiger partial charge in [0.05, 0.1) is 0 Å². The van der Waals surface area contributed by atoms with Crippen molar-refractivity contribution < 1.29 is 3.74 Å². The molecule has 1 unspecified atom stereocenters. The molecular formula is C23H18AsN2O.